The number of hydrogen-bond acceptors (Lipinski definition) is 7. The zero-order valence-electron chi connectivity index (χ0n) is 20.2. The van der Waals surface area contributed by atoms with Crippen LogP contribution in [-0.4, -0.2) is 24.0 Å². The molecular weight excluding hydrogens is 498 g/mol. The number of benzene rings is 3. The Bertz CT molecular complexity index is 1330. The Labute approximate surface area is 219 Å². The van der Waals surface area contributed by atoms with Crippen molar-refractivity contribution < 1.29 is 23.9 Å². The minimum atomic E-state index is -0.584. The molecule has 0 aromatic heterocycles. The maximum Gasteiger partial charge on any atom is 0.269 e. The van der Waals surface area contributed by atoms with Crippen molar-refractivity contribution in [2.75, 3.05) is 18.5 Å². The van der Waals surface area contributed by atoms with E-state index >= 15 is 0 Å². The van der Waals surface area contributed by atoms with Gasteiger partial charge in [-0.25, -0.2) is 0 Å². The summed E-state index contributed by atoms with van der Waals surface area (Å²) in [6.45, 7) is 4.61. The molecule has 3 aromatic carbocycles. The van der Waals surface area contributed by atoms with Gasteiger partial charge in [0.1, 0.15) is 24.0 Å². The summed E-state index contributed by atoms with van der Waals surface area (Å²) in [5, 5.41) is 23.3. The standard InChI is InChI=1S/C27H24ClN3O6/c1-3-35-23-11-7-21(8-12-23)30-27(32)20(16-29)13-19-14-24(28)26(25(15-19)36-4-2)37-17-18-5-9-22(10-6-18)31(33)34/h5-15H,3-4,17H2,1-2H3,(H,30,32)/b20-13+. The van der Waals surface area contributed by atoms with E-state index in [4.69, 9.17) is 25.8 Å². The lowest BCUT2D eigenvalue weighted by atomic mass is 10.1. The zero-order chi connectivity index (χ0) is 26.8. The maximum absolute atomic E-state index is 12.7. The first-order valence-electron chi connectivity index (χ1n) is 11.3. The minimum absolute atomic E-state index is 0.0206. The van der Waals surface area contributed by atoms with Crippen molar-refractivity contribution in [1.82, 2.24) is 0 Å². The van der Waals surface area contributed by atoms with Crippen molar-refractivity contribution in [2.24, 2.45) is 0 Å². The Morgan fingerprint density at radius 2 is 1.73 bits per heavy atom. The summed E-state index contributed by atoms with van der Waals surface area (Å²) < 4.78 is 16.9. The van der Waals surface area contributed by atoms with Crippen LogP contribution in [0.15, 0.2) is 66.2 Å². The fourth-order valence-corrected chi connectivity index (χ4v) is 3.53. The van der Waals surface area contributed by atoms with Gasteiger partial charge in [0.05, 0.1) is 23.2 Å². The summed E-state index contributed by atoms with van der Waals surface area (Å²) in [7, 11) is 0. The maximum atomic E-state index is 12.7. The van der Waals surface area contributed by atoms with Crippen LogP contribution in [-0.2, 0) is 11.4 Å². The van der Waals surface area contributed by atoms with Crippen molar-refractivity contribution in [3.63, 3.8) is 0 Å². The number of rotatable bonds is 11. The van der Waals surface area contributed by atoms with E-state index in [-0.39, 0.29) is 28.6 Å². The molecule has 0 aliphatic heterocycles. The zero-order valence-corrected chi connectivity index (χ0v) is 20.9. The number of nitrogens with zero attached hydrogens (tertiary/aromatic N) is 2. The second-order valence-corrected chi connectivity index (χ2v) is 7.96. The van der Waals surface area contributed by atoms with E-state index in [1.807, 2.05) is 13.0 Å². The average Bonchev–Trinajstić information content (AvgIpc) is 2.88. The van der Waals surface area contributed by atoms with Gasteiger partial charge in [0.15, 0.2) is 11.5 Å². The van der Waals surface area contributed by atoms with Crippen LogP contribution in [0.2, 0.25) is 5.02 Å². The number of nitriles is 1. The molecule has 3 rings (SSSR count). The van der Waals surface area contributed by atoms with Crippen molar-refractivity contribution in [1.29, 1.82) is 5.26 Å². The van der Waals surface area contributed by atoms with Gasteiger partial charge in [-0.2, -0.15) is 5.26 Å². The monoisotopic (exact) mass is 521 g/mol. The molecule has 0 fully saturated rings. The number of nitro groups is 1. The highest BCUT2D eigenvalue weighted by molar-refractivity contribution is 6.32. The second kappa shape index (κ2) is 13.0. The normalized spacial score (nSPS) is 10.8. The Hall–Kier alpha value is -4.55. The topological polar surface area (TPSA) is 124 Å². The van der Waals surface area contributed by atoms with Crippen LogP contribution in [0.5, 0.6) is 17.2 Å². The number of non-ortho nitro benzene ring substituents is 1. The molecule has 0 bridgehead atoms. The highest BCUT2D eigenvalue weighted by Crippen LogP contribution is 2.38. The lowest BCUT2D eigenvalue weighted by Gasteiger charge is -2.15. The van der Waals surface area contributed by atoms with Crippen molar-refractivity contribution >= 4 is 35.0 Å². The molecule has 9 nitrogen and oxygen atoms in total. The van der Waals surface area contributed by atoms with Gasteiger partial charge in [0.25, 0.3) is 11.6 Å². The molecule has 0 unspecified atom stereocenters. The first kappa shape index (κ1) is 27.0. The first-order valence-corrected chi connectivity index (χ1v) is 11.7. The third-order valence-electron chi connectivity index (χ3n) is 4.96. The molecule has 10 heteroatoms. The Kier molecular flexibility index (Phi) is 9.47. The highest BCUT2D eigenvalue weighted by atomic mass is 35.5. The molecule has 0 saturated carbocycles. The van der Waals surface area contributed by atoms with Crippen LogP contribution >= 0.6 is 11.6 Å². The smallest absolute Gasteiger partial charge is 0.269 e. The number of amides is 1. The summed E-state index contributed by atoms with van der Waals surface area (Å²) in [6.07, 6.45) is 1.40. The molecule has 0 radical (unpaired) electrons. The molecule has 190 valence electrons. The van der Waals surface area contributed by atoms with Gasteiger partial charge in [0.2, 0.25) is 0 Å². The van der Waals surface area contributed by atoms with E-state index in [1.54, 1.807) is 55.5 Å². The van der Waals surface area contributed by atoms with E-state index in [9.17, 15) is 20.2 Å². The molecule has 1 N–H and O–H groups in total. The first-order chi connectivity index (χ1) is 17.8. The van der Waals surface area contributed by atoms with Crippen LogP contribution in [0, 0.1) is 21.4 Å². The largest absolute Gasteiger partial charge is 0.494 e. The number of hydrogen-bond donors (Lipinski definition) is 1. The number of nitrogens with one attached hydrogen (secondary N) is 1. The molecule has 3 aromatic rings. The molecule has 0 aliphatic carbocycles. The number of nitro benzene ring substituents is 1. The van der Waals surface area contributed by atoms with Crippen LogP contribution in [0.25, 0.3) is 6.08 Å². The van der Waals surface area contributed by atoms with Crippen LogP contribution < -0.4 is 19.5 Å². The summed E-state index contributed by atoms with van der Waals surface area (Å²) in [5.41, 5.74) is 1.53. The summed E-state index contributed by atoms with van der Waals surface area (Å²) in [6, 6.07) is 17.8. The predicted molar refractivity (Wildman–Crippen MR) is 140 cm³/mol. The Morgan fingerprint density at radius 1 is 1.05 bits per heavy atom. The van der Waals surface area contributed by atoms with Gasteiger partial charge in [-0.1, -0.05) is 11.6 Å². The number of anilines is 1. The summed E-state index contributed by atoms with van der Waals surface area (Å²) in [4.78, 5) is 23.0. The molecule has 0 heterocycles. The molecule has 0 spiro atoms. The van der Waals surface area contributed by atoms with E-state index in [0.717, 1.165) is 0 Å². The number of carbonyl (C=O) groups is 1. The van der Waals surface area contributed by atoms with E-state index in [0.29, 0.717) is 41.5 Å². The van der Waals surface area contributed by atoms with Crippen LogP contribution in [0.1, 0.15) is 25.0 Å². The number of carbonyl (C=O) groups excluding carboxylic acids is 1. The van der Waals surface area contributed by atoms with E-state index in [1.165, 1.54) is 18.2 Å². The fourth-order valence-electron chi connectivity index (χ4n) is 3.26. The van der Waals surface area contributed by atoms with Crippen LogP contribution in [0.3, 0.4) is 0 Å². The average molecular weight is 522 g/mol. The third-order valence-corrected chi connectivity index (χ3v) is 5.24. The van der Waals surface area contributed by atoms with Crippen molar-refractivity contribution in [2.45, 2.75) is 20.5 Å². The van der Waals surface area contributed by atoms with Gasteiger partial charge in [-0.3, -0.25) is 14.9 Å². The lowest BCUT2D eigenvalue weighted by molar-refractivity contribution is -0.384. The van der Waals surface area contributed by atoms with Gasteiger partial charge in [0, 0.05) is 17.8 Å². The van der Waals surface area contributed by atoms with Crippen molar-refractivity contribution in [3.8, 4) is 23.3 Å². The lowest BCUT2D eigenvalue weighted by Crippen LogP contribution is -2.13. The van der Waals surface area contributed by atoms with Crippen molar-refractivity contribution in [3.05, 3.63) is 92.5 Å². The third kappa shape index (κ3) is 7.46. The van der Waals surface area contributed by atoms with Gasteiger partial charge in [-0.05, 0) is 79.6 Å². The van der Waals surface area contributed by atoms with Gasteiger partial charge in [-0.15, -0.1) is 0 Å². The number of ether oxygens (including phenoxy) is 3. The quantitative estimate of drug-likeness (QED) is 0.138. The number of halogens is 1. The Balaban J connectivity index is 1.78. The molecule has 0 saturated heterocycles. The summed E-state index contributed by atoms with van der Waals surface area (Å²) >= 11 is 6.46. The summed E-state index contributed by atoms with van der Waals surface area (Å²) in [5.74, 6) is 0.688. The second-order valence-electron chi connectivity index (χ2n) is 7.56. The SMILES string of the molecule is CCOc1ccc(NC(=O)/C(C#N)=C/c2cc(Cl)c(OCc3ccc([N+](=O)[O-])cc3)c(OCC)c2)cc1. The van der Waals surface area contributed by atoms with Crippen LogP contribution in [0.4, 0.5) is 11.4 Å². The van der Waals surface area contributed by atoms with E-state index in [2.05, 4.69) is 5.32 Å². The Morgan fingerprint density at radius 3 is 2.32 bits per heavy atom. The molecule has 0 aliphatic rings. The minimum Gasteiger partial charge on any atom is -0.494 e. The molecule has 1 amide bonds. The fraction of sp³-hybridized carbons (Fsp3) is 0.185. The van der Waals surface area contributed by atoms with Gasteiger partial charge < -0.3 is 19.5 Å². The van der Waals surface area contributed by atoms with E-state index < -0.39 is 10.8 Å². The molecular formula is C27H24ClN3O6. The highest BCUT2D eigenvalue weighted by Gasteiger charge is 2.15. The van der Waals surface area contributed by atoms with Gasteiger partial charge >= 0.3 is 0 Å². The predicted octanol–water partition coefficient (Wildman–Crippen LogP) is 6.17. The molecule has 0 atom stereocenters. The molecule has 37 heavy (non-hydrogen) atoms.